The highest BCUT2D eigenvalue weighted by molar-refractivity contribution is 6.00. The predicted octanol–water partition coefficient (Wildman–Crippen LogP) is 4.82. The third kappa shape index (κ3) is 6.66. The van der Waals surface area contributed by atoms with Crippen LogP contribution in [-0.4, -0.2) is 25.2 Å². The van der Waals surface area contributed by atoms with Crippen molar-refractivity contribution in [1.82, 2.24) is 0 Å². The molecule has 0 aliphatic heterocycles. The van der Waals surface area contributed by atoms with Crippen molar-refractivity contribution in [2.75, 3.05) is 13.2 Å². The summed E-state index contributed by atoms with van der Waals surface area (Å²) in [5, 5.41) is 0. The van der Waals surface area contributed by atoms with Crippen molar-refractivity contribution in [2.24, 2.45) is 11.3 Å². The normalized spacial score (nSPS) is 16.7. The van der Waals surface area contributed by atoms with Gasteiger partial charge in [0, 0.05) is 5.57 Å². The highest BCUT2D eigenvalue weighted by Crippen LogP contribution is 2.37. The number of carbonyl (C=O) groups is 2. The van der Waals surface area contributed by atoms with Gasteiger partial charge in [-0.15, -0.1) is 0 Å². The summed E-state index contributed by atoms with van der Waals surface area (Å²) in [5.41, 5.74) is 1.01. The lowest BCUT2D eigenvalue weighted by Crippen LogP contribution is -2.24. The van der Waals surface area contributed by atoms with Gasteiger partial charge in [0.1, 0.15) is 0 Å². The number of carbonyl (C=O) groups excluding carboxylic acids is 2. The van der Waals surface area contributed by atoms with Gasteiger partial charge in [-0.1, -0.05) is 47.5 Å². The molecule has 0 atom stereocenters. The SMILES string of the molecule is CCCOC(=O)/C(CC(C)(C)C)=C(\C(=O)OCCC)C1CCCC1. The van der Waals surface area contributed by atoms with Crippen molar-refractivity contribution in [2.45, 2.75) is 79.6 Å². The molecule has 1 saturated carbocycles. The molecule has 0 spiro atoms. The van der Waals surface area contributed by atoms with E-state index in [1.54, 1.807) is 0 Å². The lowest BCUT2D eigenvalue weighted by Gasteiger charge is -2.24. The second-order valence-corrected chi connectivity index (χ2v) is 7.88. The summed E-state index contributed by atoms with van der Waals surface area (Å²) >= 11 is 0. The minimum absolute atomic E-state index is 0.102. The molecule has 138 valence electrons. The van der Waals surface area contributed by atoms with Gasteiger partial charge in [0.25, 0.3) is 0 Å². The van der Waals surface area contributed by atoms with Gasteiger partial charge in [0.05, 0.1) is 18.8 Å². The van der Waals surface area contributed by atoms with Crippen molar-refractivity contribution in [3.63, 3.8) is 0 Å². The van der Waals surface area contributed by atoms with Crippen LogP contribution >= 0.6 is 0 Å². The molecular weight excluding hydrogens is 304 g/mol. The Hall–Kier alpha value is -1.32. The maximum atomic E-state index is 12.7. The molecule has 0 aromatic carbocycles. The van der Waals surface area contributed by atoms with E-state index in [1.165, 1.54) is 0 Å². The van der Waals surface area contributed by atoms with Crippen LogP contribution in [0.3, 0.4) is 0 Å². The molecule has 1 rings (SSSR count). The van der Waals surface area contributed by atoms with Gasteiger partial charge in [-0.05, 0) is 43.4 Å². The molecule has 0 N–H and O–H groups in total. The Morgan fingerprint density at radius 2 is 1.42 bits per heavy atom. The third-order valence-electron chi connectivity index (χ3n) is 4.14. The average Bonchev–Trinajstić information content (AvgIpc) is 3.02. The third-order valence-corrected chi connectivity index (χ3v) is 4.14. The van der Waals surface area contributed by atoms with E-state index < -0.39 is 0 Å². The van der Waals surface area contributed by atoms with Crippen LogP contribution in [0, 0.1) is 11.3 Å². The van der Waals surface area contributed by atoms with Gasteiger partial charge in [0.15, 0.2) is 0 Å². The molecule has 0 aromatic rings. The van der Waals surface area contributed by atoms with E-state index >= 15 is 0 Å². The molecule has 0 saturated heterocycles. The van der Waals surface area contributed by atoms with Crippen LogP contribution in [0.5, 0.6) is 0 Å². The topological polar surface area (TPSA) is 52.6 Å². The van der Waals surface area contributed by atoms with Crippen molar-refractivity contribution in [3.8, 4) is 0 Å². The van der Waals surface area contributed by atoms with Gasteiger partial charge in [-0.3, -0.25) is 0 Å². The van der Waals surface area contributed by atoms with Crippen LogP contribution in [-0.2, 0) is 19.1 Å². The molecule has 0 heterocycles. The lowest BCUT2D eigenvalue weighted by atomic mass is 9.82. The molecule has 1 aliphatic carbocycles. The highest BCUT2D eigenvalue weighted by atomic mass is 16.5. The first kappa shape index (κ1) is 20.7. The molecule has 1 fully saturated rings. The van der Waals surface area contributed by atoms with Crippen LogP contribution in [0.15, 0.2) is 11.1 Å². The molecule has 0 unspecified atom stereocenters. The molecule has 0 aromatic heterocycles. The van der Waals surface area contributed by atoms with Crippen LogP contribution in [0.2, 0.25) is 0 Å². The standard InChI is InChI=1S/C20H34O4/c1-6-12-23-18(21)16(14-20(3,4)5)17(15-10-8-9-11-15)19(22)24-13-7-2/h15H,6-14H2,1-5H3/b17-16-. The van der Waals surface area contributed by atoms with E-state index in [0.717, 1.165) is 38.5 Å². The zero-order valence-electron chi connectivity index (χ0n) is 16.1. The fourth-order valence-electron chi connectivity index (χ4n) is 3.11. The molecule has 1 aliphatic rings. The summed E-state index contributed by atoms with van der Waals surface area (Å²) in [4.78, 5) is 25.4. The van der Waals surface area contributed by atoms with Gasteiger partial charge >= 0.3 is 11.9 Å². The van der Waals surface area contributed by atoms with E-state index in [0.29, 0.717) is 30.8 Å². The second kappa shape index (κ2) is 9.85. The summed E-state index contributed by atoms with van der Waals surface area (Å²) in [6, 6.07) is 0. The quantitative estimate of drug-likeness (QED) is 0.470. The van der Waals surface area contributed by atoms with E-state index in [4.69, 9.17) is 9.47 Å². The van der Waals surface area contributed by atoms with Crippen LogP contribution in [0.1, 0.15) is 79.6 Å². The number of hydrogen-bond donors (Lipinski definition) is 0. The minimum atomic E-state index is -0.345. The van der Waals surface area contributed by atoms with Crippen LogP contribution in [0.4, 0.5) is 0 Å². The Balaban J connectivity index is 3.23. The Morgan fingerprint density at radius 1 is 0.917 bits per heavy atom. The summed E-state index contributed by atoms with van der Waals surface area (Å²) in [5.74, 6) is -0.542. The number of rotatable bonds is 8. The average molecular weight is 338 g/mol. The van der Waals surface area contributed by atoms with Crippen molar-refractivity contribution in [1.29, 1.82) is 0 Å². The molecule has 4 nitrogen and oxygen atoms in total. The van der Waals surface area contributed by atoms with Crippen LogP contribution < -0.4 is 0 Å². The van der Waals surface area contributed by atoms with Gasteiger partial charge in [-0.25, -0.2) is 9.59 Å². The molecule has 0 radical (unpaired) electrons. The van der Waals surface area contributed by atoms with Crippen molar-refractivity contribution < 1.29 is 19.1 Å². The first-order chi connectivity index (χ1) is 11.3. The number of hydrogen-bond acceptors (Lipinski definition) is 4. The summed E-state index contributed by atoms with van der Waals surface area (Å²) < 4.78 is 10.8. The maximum Gasteiger partial charge on any atom is 0.334 e. The predicted molar refractivity (Wildman–Crippen MR) is 95.6 cm³/mol. The van der Waals surface area contributed by atoms with E-state index in [2.05, 4.69) is 20.8 Å². The van der Waals surface area contributed by atoms with Gasteiger partial charge < -0.3 is 9.47 Å². The van der Waals surface area contributed by atoms with Gasteiger partial charge in [0.2, 0.25) is 0 Å². The molecule has 0 bridgehead atoms. The van der Waals surface area contributed by atoms with Crippen molar-refractivity contribution in [3.05, 3.63) is 11.1 Å². The lowest BCUT2D eigenvalue weighted by molar-refractivity contribution is -0.143. The minimum Gasteiger partial charge on any atom is -0.462 e. The summed E-state index contributed by atoms with van der Waals surface area (Å²) in [7, 11) is 0. The first-order valence-electron chi connectivity index (χ1n) is 9.37. The van der Waals surface area contributed by atoms with Gasteiger partial charge in [-0.2, -0.15) is 0 Å². The first-order valence-corrected chi connectivity index (χ1v) is 9.37. The molecular formula is C20H34O4. The second-order valence-electron chi connectivity index (χ2n) is 7.88. The van der Waals surface area contributed by atoms with Crippen molar-refractivity contribution >= 4 is 11.9 Å². The summed E-state index contributed by atoms with van der Waals surface area (Å²) in [6.07, 6.45) is 6.18. The zero-order chi connectivity index (χ0) is 18.2. The Bertz CT molecular complexity index is 451. The number of ether oxygens (including phenoxy) is 2. The Labute approximate surface area is 147 Å². The molecule has 24 heavy (non-hydrogen) atoms. The highest BCUT2D eigenvalue weighted by Gasteiger charge is 2.33. The van der Waals surface area contributed by atoms with E-state index in [-0.39, 0.29) is 23.3 Å². The smallest absolute Gasteiger partial charge is 0.334 e. The van der Waals surface area contributed by atoms with Crippen LogP contribution in [0.25, 0.3) is 0 Å². The Kier molecular flexibility index (Phi) is 8.51. The molecule has 4 heteroatoms. The fourth-order valence-corrected chi connectivity index (χ4v) is 3.11. The van der Waals surface area contributed by atoms with E-state index in [9.17, 15) is 9.59 Å². The molecule has 0 amide bonds. The van der Waals surface area contributed by atoms with E-state index in [1.807, 2.05) is 13.8 Å². The maximum absolute atomic E-state index is 12.7. The monoisotopic (exact) mass is 338 g/mol. The fraction of sp³-hybridized carbons (Fsp3) is 0.800. The largest absolute Gasteiger partial charge is 0.462 e. The zero-order valence-corrected chi connectivity index (χ0v) is 16.1. The summed E-state index contributed by atoms with van der Waals surface area (Å²) in [6.45, 7) is 10.9. The number of esters is 2. The Morgan fingerprint density at radius 3 is 1.88 bits per heavy atom.